The summed E-state index contributed by atoms with van der Waals surface area (Å²) in [6.07, 6.45) is 11.8. The van der Waals surface area contributed by atoms with Gasteiger partial charge in [0, 0.05) is 5.56 Å². The Morgan fingerprint density at radius 1 is 0.960 bits per heavy atom. The molecule has 1 unspecified atom stereocenters. The lowest BCUT2D eigenvalue weighted by Gasteiger charge is -2.38. The lowest BCUT2D eigenvalue weighted by atomic mass is 9.68. The van der Waals surface area contributed by atoms with E-state index in [0.29, 0.717) is 17.5 Å². The van der Waals surface area contributed by atoms with Gasteiger partial charge in [0.15, 0.2) is 0 Å². The van der Waals surface area contributed by atoms with E-state index in [9.17, 15) is 4.39 Å². The van der Waals surface area contributed by atoms with Gasteiger partial charge in [-0.1, -0.05) is 49.9 Å². The summed E-state index contributed by atoms with van der Waals surface area (Å²) in [4.78, 5) is 0. The first kappa shape index (κ1) is 17.8. The highest BCUT2D eigenvalue weighted by atomic mass is 35.5. The molecule has 2 aliphatic carbocycles. The van der Waals surface area contributed by atoms with Gasteiger partial charge in [0.05, 0.1) is 11.6 Å². The molecule has 138 valence electrons. The monoisotopic (exact) mass is 364 g/mol. The van der Waals surface area contributed by atoms with Crippen LogP contribution in [0.15, 0.2) is 12.1 Å². The number of hydrogen-bond donors (Lipinski definition) is 0. The van der Waals surface area contributed by atoms with Gasteiger partial charge < -0.3 is 4.74 Å². The molecule has 1 atom stereocenters. The topological polar surface area (TPSA) is 12.5 Å². The molecule has 1 saturated heterocycles. The molecule has 0 amide bonds. The van der Waals surface area contributed by atoms with Crippen LogP contribution in [0, 0.1) is 23.6 Å². The molecule has 3 aliphatic rings. The predicted molar refractivity (Wildman–Crippen MR) is 101 cm³/mol. The lowest BCUT2D eigenvalue weighted by molar-refractivity contribution is 0.158. The Morgan fingerprint density at radius 2 is 1.52 bits per heavy atom. The zero-order valence-electron chi connectivity index (χ0n) is 15.3. The van der Waals surface area contributed by atoms with E-state index in [0.717, 1.165) is 41.7 Å². The lowest BCUT2D eigenvalue weighted by Crippen LogP contribution is -2.25. The van der Waals surface area contributed by atoms with Crippen molar-refractivity contribution in [2.75, 3.05) is 6.61 Å². The predicted octanol–water partition coefficient (Wildman–Crippen LogP) is 7.04. The highest BCUT2D eigenvalue weighted by Gasteiger charge is 2.33. The molecule has 0 bridgehead atoms. The molecule has 4 rings (SSSR count). The highest BCUT2D eigenvalue weighted by Crippen LogP contribution is 2.46. The van der Waals surface area contributed by atoms with Crippen LogP contribution in [0.3, 0.4) is 0 Å². The summed E-state index contributed by atoms with van der Waals surface area (Å²) in [6, 6.07) is 3.95. The second kappa shape index (κ2) is 7.56. The molecular formula is C22H30ClFO. The van der Waals surface area contributed by atoms with E-state index in [1.807, 2.05) is 12.1 Å². The first-order chi connectivity index (χ1) is 12.2. The van der Waals surface area contributed by atoms with Crippen LogP contribution in [0.2, 0.25) is 5.02 Å². The smallest absolute Gasteiger partial charge is 0.145 e. The summed E-state index contributed by atoms with van der Waals surface area (Å²) in [5, 5.41) is 0.292. The van der Waals surface area contributed by atoms with Crippen LogP contribution >= 0.6 is 11.6 Å². The number of epoxide rings is 1. The van der Waals surface area contributed by atoms with Gasteiger partial charge in [0.25, 0.3) is 0 Å². The van der Waals surface area contributed by atoms with Crippen LogP contribution in [0.4, 0.5) is 4.39 Å². The Morgan fingerprint density at radius 3 is 2.08 bits per heavy atom. The van der Waals surface area contributed by atoms with E-state index in [1.165, 1.54) is 44.9 Å². The molecule has 1 nitrogen and oxygen atoms in total. The minimum atomic E-state index is -0.193. The molecule has 0 radical (unpaired) electrons. The van der Waals surface area contributed by atoms with E-state index in [-0.39, 0.29) is 11.9 Å². The standard InChI is InChI=1S/C22H30ClFO/c1-2-14-3-5-15(6-4-14)16-7-9-17(10-8-16)18-11-12-19(20-13-25-20)21(23)22(18)24/h11-12,14-17,20H,2-10,13H2,1H3. The van der Waals surface area contributed by atoms with Crippen LogP contribution in [-0.4, -0.2) is 6.61 Å². The van der Waals surface area contributed by atoms with Gasteiger partial charge in [-0.25, -0.2) is 4.39 Å². The van der Waals surface area contributed by atoms with Gasteiger partial charge in [-0.15, -0.1) is 0 Å². The molecule has 1 aromatic carbocycles. The molecule has 0 aromatic heterocycles. The Bertz CT molecular complexity index is 596. The Kier molecular flexibility index (Phi) is 5.38. The SMILES string of the molecule is CCC1CCC(C2CCC(c3ccc(C4CO4)c(Cl)c3F)CC2)CC1. The van der Waals surface area contributed by atoms with Crippen molar-refractivity contribution in [2.45, 2.75) is 76.7 Å². The second-order valence-corrected chi connectivity index (χ2v) is 8.87. The van der Waals surface area contributed by atoms with Crippen LogP contribution in [0.5, 0.6) is 0 Å². The molecule has 1 aliphatic heterocycles. The van der Waals surface area contributed by atoms with Crippen molar-refractivity contribution in [1.82, 2.24) is 0 Å². The van der Waals surface area contributed by atoms with Gasteiger partial charge in [-0.2, -0.15) is 0 Å². The maximum Gasteiger partial charge on any atom is 0.145 e. The van der Waals surface area contributed by atoms with Gasteiger partial charge in [-0.3, -0.25) is 0 Å². The normalized spacial score (nSPS) is 35.6. The van der Waals surface area contributed by atoms with Crippen molar-refractivity contribution < 1.29 is 9.13 Å². The molecule has 1 aromatic rings. The highest BCUT2D eigenvalue weighted by molar-refractivity contribution is 6.31. The first-order valence-electron chi connectivity index (χ1n) is 10.3. The number of rotatable bonds is 4. The van der Waals surface area contributed by atoms with Gasteiger partial charge in [0.1, 0.15) is 11.9 Å². The van der Waals surface area contributed by atoms with Crippen molar-refractivity contribution in [3.63, 3.8) is 0 Å². The summed E-state index contributed by atoms with van der Waals surface area (Å²) in [5.41, 5.74) is 1.66. The minimum absolute atomic E-state index is 0.0186. The summed E-state index contributed by atoms with van der Waals surface area (Å²) in [7, 11) is 0. The first-order valence-corrected chi connectivity index (χ1v) is 10.6. The van der Waals surface area contributed by atoms with Crippen LogP contribution < -0.4 is 0 Å². The molecule has 0 spiro atoms. The molecule has 3 fully saturated rings. The van der Waals surface area contributed by atoms with Crippen molar-refractivity contribution in [3.05, 3.63) is 34.1 Å². The second-order valence-electron chi connectivity index (χ2n) is 8.49. The summed E-state index contributed by atoms with van der Waals surface area (Å²) in [5.74, 6) is 2.91. The molecule has 3 heteroatoms. The minimum Gasteiger partial charge on any atom is -0.368 e. The van der Waals surface area contributed by atoms with Crippen LogP contribution in [0.1, 0.15) is 87.9 Å². The molecular weight excluding hydrogens is 335 g/mol. The van der Waals surface area contributed by atoms with Crippen molar-refractivity contribution in [2.24, 2.45) is 17.8 Å². The summed E-state index contributed by atoms with van der Waals surface area (Å²) >= 11 is 6.28. The number of hydrogen-bond acceptors (Lipinski definition) is 1. The quantitative estimate of drug-likeness (QED) is 0.522. The van der Waals surface area contributed by atoms with Crippen molar-refractivity contribution >= 4 is 11.6 Å². The van der Waals surface area contributed by atoms with Gasteiger partial charge in [0.2, 0.25) is 0 Å². The Labute approximate surface area is 156 Å². The van der Waals surface area contributed by atoms with E-state index < -0.39 is 0 Å². The third-order valence-corrected chi connectivity index (χ3v) is 7.55. The molecule has 2 saturated carbocycles. The van der Waals surface area contributed by atoms with Gasteiger partial charge in [-0.05, 0) is 67.8 Å². The number of benzene rings is 1. The number of halogens is 2. The Hall–Kier alpha value is -0.600. The summed E-state index contributed by atoms with van der Waals surface area (Å²) in [6.45, 7) is 3.00. The van der Waals surface area contributed by atoms with E-state index in [1.54, 1.807) is 0 Å². The van der Waals surface area contributed by atoms with Crippen LogP contribution in [-0.2, 0) is 4.74 Å². The zero-order valence-corrected chi connectivity index (χ0v) is 16.0. The van der Waals surface area contributed by atoms with Gasteiger partial charge >= 0.3 is 0 Å². The zero-order chi connectivity index (χ0) is 17.4. The maximum absolute atomic E-state index is 14.8. The largest absolute Gasteiger partial charge is 0.368 e. The Balaban J connectivity index is 1.37. The third kappa shape index (κ3) is 3.76. The number of ether oxygens (including phenoxy) is 1. The molecule has 0 N–H and O–H groups in total. The third-order valence-electron chi connectivity index (χ3n) is 7.17. The van der Waals surface area contributed by atoms with E-state index in [2.05, 4.69) is 6.92 Å². The maximum atomic E-state index is 14.8. The van der Waals surface area contributed by atoms with Crippen LogP contribution in [0.25, 0.3) is 0 Å². The summed E-state index contributed by atoms with van der Waals surface area (Å²) < 4.78 is 20.0. The fraction of sp³-hybridized carbons (Fsp3) is 0.727. The van der Waals surface area contributed by atoms with Crippen molar-refractivity contribution in [3.8, 4) is 0 Å². The van der Waals surface area contributed by atoms with E-state index in [4.69, 9.17) is 16.3 Å². The molecule has 25 heavy (non-hydrogen) atoms. The fourth-order valence-electron chi connectivity index (χ4n) is 5.34. The average molecular weight is 365 g/mol. The fourth-order valence-corrected chi connectivity index (χ4v) is 5.63. The average Bonchev–Trinajstić information content (AvgIpc) is 3.49. The molecule has 1 heterocycles. The van der Waals surface area contributed by atoms with E-state index >= 15 is 0 Å². The van der Waals surface area contributed by atoms with Crippen molar-refractivity contribution in [1.29, 1.82) is 0 Å².